The first kappa shape index (κ1) is 14.9. The van der Waals surface area contributed by atoms with E-state index in [1.165, 1.54) is 18.5 Å². The Balaban J connectivity index is 1.49. The molecule has 3 heterocycles. The van der Waals surface area contributed by atoms with E-state index in [0.717, 1.165) is 45.4 Å². The Morgan fingerprint density at radius 1 is 1.38 bits per heavy atom. The third-order valence-corrected chi connectivity index (χ3v) is 5.65. The predicted octanol–water partition coefficient (Wildman–Crippen LogP) is 2.69. The van der Waals surface area contributed by atoms with Crippen LogP contribution in [0.2, 0.25) is 0 Å². The molecule has 0 atom stereocenters. The van der Waals surface area contributed by atoms with Crippen molar-refractivity contribution in [2.24, 2.45) is 0 Å². The predicted molar refractivity (Wildman–Crippen MR) is 86.7 cm³/mol. The number of nitrogens with one attached hydrogen (secondary N) is 1. The Morgan fingerprint density at radius 3 is 2.95 bits per heavy atom. The summed E-state index contributed by atoms with van der Waals surface area (Å²) in [6.07, 6.45) is 4.42. The molecule has 1 aromatic rings. The van der Waals surface area contributed by atoms with Gasteiger partial charge in [-0.2, -0.15) is 0 Å². The highest BCUT2D eigenvalue weighted by Crippen LogP contribution is 2.27. The van der Waals surface area contributed by atoms with E-state index >= 15 is 0 Å². The zero-order valence-corrected chi connectivity index (χ0v) is 13.6. The van der Waals surface area contributed by atoms with Gasteiger partial charge in [0.2, 0.25) is 0 Å². The molecule has 2 aliphatic rings. The molecule has 0 saturated carbocycles. The number of piperidine rings is 1. The normalized spacial score (nSPS) is 20.3. The van der Waals surface area contributed by atoms with Gasteiger partial charge in [-0.1, -0.05) is 6.92 Å². The molecule has 0 spiro atoms. The Labute approximate surface area is 131 Å². The summed E-state index contributed by atoms with van der Waals surface area (Å²) in [5.74, 6) is 0. The van der Waals surface area contributed by atoms with Crippen molar-refractivity contribution in [3.8, 4) is 0 Å². The van der Waals surface area contributed by atoms with E-state index in [1.807, 2.05) is 16.2 Å². The molecule has 1 aromatic heterocycles. The van der Waals surface area contributed by atoms with Gasteiger partial charge in [0.05, 0.1) is 0 Å². The second-order valence-electron chi connectivity index (χ2n) is 6.04. The largest absolute Gasteiger partial charge is 0.338 e. The van der Waals surface area contributed by atoms with E-state index in [-0.39, 0.29) is 6.03 Å². The highest BCUT2D eigenvalue weighted by Gasteiger charge is 2.29. The van der Waals surface area contributed by atoms with Crippen molar-refractivity contribution in [3.63, 3.8) is 0 Å². The van der Waals surface area contributed by atoms with Gasteiger partial charge >= 0.3 is 6.03 Å². The van der Waals surface area contributed by atoms with Crippen LogP contribution >= 0.6 is 11.3 Å². The molecule has 21 heavy (non-hydrogen) atoms. The molecule has 0 radical (unpaired) electrons. The second-order valence-corrected chi connectivity index (χ2v) is 7.04. The van der Waals surface area contributed by atoms with Gasteiger partial charge in [-0.05, 0) is 42.7 Å². The molecule has 1 saturated heterocycles. The number of nitrogens with zero attached hydrogens (tertiary/aromatic N) is 2. The van der Waals surface area contributed by atoms with Gasteiger partial charge in [0.1, 0.15) is 0 Å². The number of hydrogen-bond donors (Lipinski definition) is 1. The summed E-state index contributed by atoms with van der Waals surface area (Å²) in [7, 11) is 0. The van der Waals surface area contributed by atoms with E-state index in [0.29, 0.717) is 6.04 Å². The fourth-order valence-corrected chi connectivity index (χ4v) is 4.25. The molecule has 2 aliphatic heterocycles. The van der Waals surface area contributed by atoms with Crippen molar-refractivity contribution >= 4 is 17.4 Å². The fourth-order valence-electron chi connectivity index (χ4n) is 3.36. The molecule has 1 N–H and O–H groups in total. The average Bonchev–Trinajstić information content (AvgIpc) is 3.00. The number of urea groups is 1. The molecule has 5 heteroatoms. The zero-order chi connectivity index (χ0) is 14.7. The lowest BCUT2D eigenvalue weighted by molar-refractivity contribution is 0.108. The lowest BCUT2D eigenvalue weighted by Crippen LogP contribution is -2.50. The number of carbonyl (C=O) groups is 1. The van der Waals surface area contributed by atoms with Crippen LogP contribution in [-0.2, 0) is 13.0 Å². The highest BCUT2D eigenvalue weighted by atomic mass is 32.1. The summed E-state index contributed by atoms with van der Waals surface area (Å²) in [5.41, 5.74) is 1.52. The molecule has 3 rings (SSSR count). The molecule has 4 nitrogen and oxygen atoms in total. The highest BCUT2D eigenvalue weighted by molar-refractivity contribution is 7.10. The molecular weight excluding hydrogens is 282 g/mol. The first-order valence-corrected chi connectivity index (χ1v) is 8.98. The summed E-state index contributed by atoms with van der Waals surface area (Å²) in [4.78, 5) is 18.1. The topological polar surface area (TPSA) is 35.6 Å². The van der Waals surface area contributed by atoms with Crippen molar-refractivity contribution < 1.29 is 4.79 Å². The molecule has 0 bridgehead atoms. The van der Waals surface area contributed by atoms with E-state index in [2.05, 4.69) is 28.6 Å². The van der Waals surface area contributed by atoms with Crippen molar-refractivity contribution in [1.29, 1.82) is 0 Å². The standard InChI is InChI=1S/C16H25N3OS/c1-2-7-17-16(20)18-8-3-14(4-9-18)19-10-5-15-13(12-19)6-11-21-15/h6,11,14H,2-5,7-10,12H2,1H3,(H,17,20). The van der Waals surface area contributed by atoms with Gasteiger partial charge in [0, 0.05) is 43.6 Å². The van der Waals surface area contributed by atoms with E-state index in [9.17, 15) is 4.79 Å². The number of amides is 2. The number of rotatable bonds is 3. The molecule has 0 aromatic carbocycles. The van der Waals surface area contributed by atoms with Crippen LogP contribution in [0.5, 0.6) is 0 Å². The van der Waals surface area contributed by atoms with Crippen LogP contribution in [-0.4, -0.2) is 48.1 Å². The van der Waals surface area contributed by atoms with Crippen LogP contribution < -0.4 is 5.32 Å². The fraction of sp³-hybridized carbons (Fsp3) is 0.688. The van der Waals surface area contributed by atoms with Crippen molar-refractivity contribution in [3.05, 3.63) is 21.9 Å². The first-order chi connectivity index (χ1) is 10.3. The van der Waals surface area contributed by atoms with Crippen LogP contribution in [0.25, 0.3) is 0 Å². The van der Waals surface area contributed by atoms with Gasteiger partial charge in [-0.3, -0.25) is 4.90 Å². The number of hydrogen-bond acceptors (Lipinski definition) is 3. The summed E-state index contributed by atoms with van der Waals surface area (Å²) >= 11 is 1.90. The smallest absolute Gasteiger partial charge is 0.317 e. The van der Waals surface area contributed by atoms with Crippen molar-refractivity contribution in [2.75, 3.05) is 26.2 Å². The number of fused-ring (bicyclic) bond motifs is 1. The van der Waals surface area contributed by atoms with E-state index in [1.54, 1.807) is 4.88 Å². The lowest BCUT2D eigenvalue weighted by Gasteiger charge is -2.40. The third kappa shape index (κ3) is 3.40. The summed E-state index contributed by atoms with van der Waals surface area (Å²) in [6, 6.07) is 3.04. The summed E-state index contributed by atoms with van der Waals surface area (Å²) < 4.78 is 0. The summed E-state index contributed by atoms with van der Waals surface area (Å²) in [5, 5.41) is 5.20. The minimum absolute atomic E-state index is 0.120. The van der Waals surface area contributed by atoms with Gasteiger partial charge in [-0.15, -0.1) is 11.3 Å². The van der Waals surface area contributed by atoms with Crippen LogP contribution in [0.15, 0.2) is 11.4 Å². The van der Waals surface area contributed by atoms with Gasteiger partial charge in [0.25, 0.3) is 0 Å². The Bertz CT molecular complexity index is 480. The number of thiophene rings is 1. The molecular formula is C16H25N3OS. The van der Waals surface area contributed by atoms with E-state index in [4.69, 9.17) is 0 Å². The third-order valence-electron chi connectivity index (χ3n) is 4.63. The Kier molecular flexibility index (Phi) is 4.80. The van der Waals surface area contributed by atoms with Crippen molar-refractivity contribution in [1.82, 2.24) is 15.1 Å². The maximum Gasteiger partial charge on any atom is 0.317 e. The van der Waals surface area contributed by atoms with Crippen LogP contribution in [0.3, 0.4) is 0 Å². The molecule has 0 aliphatic carbocycles. The first-order valence-electron chi connectivity index (χ1n) is 8.10. The van der Waals surface area contributed by atoms with Gasteiger partial charge in [-0.25, -0.2) is 4.79 Å². The Morgan fingerprint density at radius 2 is 2.19 bits per heavy atom. The molecule has 116 valence electrons. The number of likely N-dealkylation sites (tertiary alicyclic amines) is 1. The molecule has 0 unspecified atom stereocenters. The van der Waals surface area contributed by atoms with Crippen LogP contribution in [0.1, 0.15) is 36.6 Å². The monoisotopic (exact) mass is 307 g/mol. The number of carbonyl (C=O) groups excluding carboxylic acids is 1. The quantitative estimate of drug-likeness (QED) is 0.932. The van der Waals surface area contributed by atoms with E-state index < -0.39 is 0 Å². The van der Waals surface area contributed by atoms with Crippen LogP contribution in [0, 0.1) is 0 Å². The van der Waals surface area contributed by atoms with Crippen LogP contribution in [0.4, 0.5) is 4.79 Å². The minimum atomic E-state index is 0.120. The summed E-state index contributed by atoms with van der Waals surface area (Å²) in [6.45, 7) is 6.94. The minimum Gasteiger partial charge on any atom is -0.338 e. The molecule has 1 fully saturated rings. The van der Waals surface area contributed by atoms with Gasteiger partial charge < -0.3 is 10.2 Å². The van der Waals surface area contributed by atoms with Gasteiger partial charge in [0.15, 0.2) is 0 Å². The zero-order valence-electron chi connectivity index (χ0n) is 12.8. The second kappa shape index (κ2) is 6.79. The average molecular weight is 307 g/mol. The molecule has 2 amide bonds. The SMILES string of the molecule is CCCNC(=O)N1CCC(N2CCc3sccc3C2)CC1. The Hall–Kier alpha value is -1.07. The maximum atomic E-state index is 12.0. The lowest BCUT2D eigenvalue weighted by atomic mass is 10.00. The maximum absolute atomic E-state index is 12.0. The van der Waals surface area contributed by atoms with Crippen molar-refractivity contribution in [2.45, 2.75) is 45.2 Å².